The first-order valence-corrected chi connectivity index (χ1v) is 6.30. The predicted molar refractivity (Wildman–Crippen MR) is 76.4 cm³/mol. The van der Waals surface area contributed by atoms with Gasteiger partial charge in [0.15, 0.2) is 0 Å². The number of pyridine rings is 1. The lowest BCUT2D eigenvalue weighted by Crippen LogP contribution is -2.19. The molecule has 0 spiro atoms. The van der Waals surface area contributed by atoms with Gasteiger partial charge in [0.05, 0.1) is 6.61 Å². The maximum atomic E-state index is 11.6. The fourth-order valence-corrected chi connectivity index (χ4v) is 1.85. The van der Waals surface area contributed by atoms with Crippen molar-refractivity contribution in [2.75, 3.05) is 12.3 Å². The lowest BCUT2D eigenvalue weighted by molar-refractivity contribution is 0.301. The fraction of sp³-hybridized carbons (Fsp3) is 0.267. The highest BCUT2D eigenvalue weighted by Gasteiger charge is 1.98. The van der Waals surface area contributed by atoms with Gasteiger partial charge in [-0.25, -0.2) is 0 Å². The average molecular weight is 258 g/mol. The molecule has 4 nitrogen and oxygen atoms in total. The largest absolute Gasteiger partial charge is 0.493 e. The minimum Gasteiger partial charge on any atom is -0.493 e. The van der Waals surface area contributed by atoms with Crippen LogP contribution in [0.25, 0.3) is 0 Å². The summed E-state index contributed by atoms with van der Waals surface area (Å²) in [5, 5.41) is 0. The van der Waals surface area contributed by atoms with Crippen LogP contribution in [0.1, 0.15) is 12.0 Å². The lowest BCUT2D eigenvalue weighted by atomic mass is 10.3. The molecule has 0 radical (unpaired) electrons. The second-order valence-electron chi connectivity index (χ2n) is 4.51. The summed E-state index contributed by atoms with van der Waals surface area (Å²) >= 11 is 0. The summed E-state index contributed by atoms with van der Waals surface area (Å²) in [5.74, 6) is 0.761. The summed E-state index contributed by atoms with van der Waals surface area (Å²) in [6.45, 7) is 3.19. The van der Waals surface area contributed by atoms with Gasteiger partial charge in [0, 0.05) is 30.6 Å². The van der Waals surface area contributed by atoms with Crippen LogP contribution in [0.4, 0.5) is 5.69 Å². The smallest absolute Gasteiger partial charge is 0.250 e. The molecule has 0 atom stereocenters. The van der Waals surface area contributed by atoms with Gasteiger partial charge in [0.25, 0.3) is 5.56 Å². The molecule has 0 aliphatic heterocycles. The molecule has 0 saturated carbocycles. The molecular formula is C15H18N2O2. The van der Waals surface area contributed by atoms with Crippen LogP contribution >= 0.6 is 0 Å². The van der Waals surface area contributed by atoms with E-state index in [-0.39, 0.29) is 5.56 Å². The molecule has 0 saturated heterocycles. The van der Waals surface area contributed by atoms with Crippen LogP contribution in [0.15, 0.2) is 47.4 Å². The number of aryl methyl sites for hydroxylation is 2. The minimum absolute atomic E-state index is 0.0227. The quantitative estimate of drug-likeness (QED) is 0.660. The first-order chi connectivity index (χ1) is 9.15. The Morgan fingerprint density at radius 2 is 2.11 bits per heavy atom. The van der Waals surface area contributed by atoms with Crippen molar-refractivity contribution in [1.29, 1.82) is 0 Å². The molecule has 0 aliphatic carbocycles. The summed E-state index contributed by atoms with van der Waals surface area (Å²) in [6.07, 6.45) is 2.64. The Morgan fingerprint density at radius 1 is 1.26 bits per heavy atom. The molecule has 1 heterocycles. The van der Waals surface area contributed by atoms with Gasteiger partial charge >= 0.3 is 0 Å². The van der Waals surface area contributed by atoms with E-state index in [4.69, 9.17) is 10.5 Å². The van der Waals surface area contributed by atoms with Gasteiger partial charge in [-0.15, -0.1) is 0 Å². The predicted octanol–water partition coefficient (Wildman–Crippen LogP) is 2.21. The Morgan fingerprint density at radius 3 is 2.89 bits per heavy atom. The molecule has 0 aliphatic rings. The summed E-state index contributed by atoms with van der Waals surface area (Å²) in [6, 6.07) is 10.7. The first kappa shape index (κ1) is 13.2. The van der Waals surface area contributed by atoms with Crippen molar-refractivity contribution < 1.29 is 4.74 Å². The van der Waals surface area contributed by atoms with E-state index >= 15 is 0 Å². The van der Waals surface area contributed by atoms with Gasteiger partial charge in [-0.05, 0) is 31.0 Å². The van der Waals surface area contributed by atoms with Crippen molar-refractivity contribution in [3.8, 4) is 5.75 Å². The third-order valence-electron chi connectivity index (χ3n) is 2.80. The van der Waals surface area contributed by atoms with Crippen molar-refractivity contribution in [2.24, 2.45) is 0 Å². The highest BCUT2D eigenvalue weighted by atomic mass is 16.5. The van der Waals surface area contributed by atoms with Gasteiger partial charge in [0.1, 0.15) is 5.75 Å². The van der Waals surface area contributed by atoms with Crippen LogP contribution in [0, 0.1) is 6.92 Å². The number of hydrogen-bond donors (Lipinski definition) is 1. The summed E-state index contributed by atoms with van der Waals surface area (Å²) < 4.78 is 7.29. The van der Waals surface area contributed by atoms with Crippen LogP contribution < -0.4 is 16.0 Å². The third-order valence-corrected chi connectivity index (χ3v) is 2.80. The van der Waals surface area contributed by atoms with Crippen LogP contribution in [0.2, 0.25) is 0 Å². The zero-order valence-electron chi connectivity index (χ0n) is 11.0. The molecule has 0 unspecified atom stereocenters. The summed E-state index contributed by atoms with van der Waals surface area (Å²) in [5.41, 5.74) is 7.46. The molecule has 2 rings (SSSR count). The van der Waals surface area contributed by atoms with Gasteiger partial charge in [-0.3, -0.25) is 4.79 Å². The molecule has 0 bridgehead atoms. The zero-order chi connectivity index (χ0) is 13.7. The van der Waals surface area contributed by atoms with Crippen LogP contribution in [0.5, 0.6) is 5.75 Å². The van der Waals surface area contributed by atoms with E-state index in [1.165, 1.54) is 0 Å². The highest BCUT2D eigenvalue weighted by molar-refractivity contribution is 5.43. The molecule has 1 aromatic carbocycles. The van der Waals surface area contributed by atoms with Gasteiger partial charge in [-0.2, -0.15) is 0 Å². The number of anilines is 1. The van der Waals surface area contributed by atoms with E-state index in [1.54, 1.807) is 16.7 Å². The van der Waals surface area contributed by atoms with E-state index in [0.29, 0.717) is 18.8 Å². The molecule has 1 aromatic heterocycles. The Hall–Kier alpha value is -2.23. The summed E-state index contributed by atoms with van der Waals surface area (Å²) in [4.78, 5) is 11.6. The van der Waals surface area contributed by atoms with Crippen LogP contribution in [-0.4, -0.2) is 11.2 Å². The zero-order valence-corrected chi connectivity index (χ0v) is 11.0. The van der Waals surface area contributed by atoms with Crippen LogP contribution in [0.3, 0.4) is 0 Å². The van der Waals surface area contributed by atoms with Gasteiger partial charge in [0.2, 0.25) is 0 Å². The van der Waals surface area contributed by atoms with Gasteiger partial charge in [-0.1, -0.05) is 12.1 Å². The number of aromatic nitrogens is 1. The van der Waals surface area contributed by atoms with Crippen molar-refractivity contribution >= 4 is 5.69 Å². The number of benzene rings is 1. The number of hydrogen-bond acceptors (Lipinski definition) is 3. The van der Waals surface area contributed by atoms with E-state index in [9.17, 15) is 4.79 Å². The van der Waals surface area contributed by atoms with Crippen LogP contribution in [-0.2, 0) is 6.54 Å². The molecule has 0 amide bonds. The lowest BCUT2D eigenvalue weighted by Gasteiger charge is -2.08. The molecule has 19 heavy (non-hydrogen) atoms. The highest BCUT2D eigenvalue weighted by Crippen LogP contribution is 2.14. The molecular weight excluding hydrogens is 240 g/mol. The summed E-state index contributed by atoms with van der Waals surface area (Å²) in [7, 11) is 0. The van der Waals surface area contributed by atoms with Crippen molar-refractivity contribution in [3.05, 3.63) is 58.5 Å². The first-order valence-electron chi connectivity index (χ1n) is 6.30. The Balaban J connectivity index is 1.84. The maximum absolute atomic E-state index is 11.6. The Kier molecular flexibility index (Phi) is 4.23. The molecule has 0 fully saturated rings. The minimum atomic E-state index is 0.0227. The third kappa shape index (κ3) is 3.88. The molecule has 100 valence electrons. The Labute approximate surface area is 112 Å². The van der Waals surface area contributed by atoms with Crippen molar-refractivity contribution in [1.82, 2.24) is 4.57 Å². The van der Waals surface area contributed by atoms with E-state index in [2.05, 4.69) is 0 Å². The van der Waals surface area contributed by atoms with E-state index < -0.39 is 0 Å². The number of nitrogens with zero attached hydrogens (tertiary/aromatic N) is 1. The Bertz CT molecular complexity index is 605. The average Bonchev–Trinajstić information content (AvgIpc) is 2.39. The molecule has 2 aromatic rings. The van der Waals surface area contributed by atoms with Gasteiger partial charge < -0.3 is 15.0 Å². The van der Waals surface area contributed by atoms with E-state index in [0.717, 1.165) is 17.7 Å². The number of ether oxygens (including phenoxy) is 1. The fourth-order valence-electron chi connectivity index (χ4n) is 1.85. The standard InChI is InChI=1S/C15H18N2O2/c1-12-6-7-15(18)17(11-12)8-3-9-19-14-5-2-4-13(16)10-14/h2,4-7,10-11H,3,8-9,16H2,1H3. The maximum Gasteiger partial charge on any atom is 0.250 e. The second kappa shape index (κ2) is 6.09. The normalized spacial score (nSPS) is 10.4. The molecule has 2 N–H and O–H groups in total. The topological polar surface area (TPSA) is 57.2 Å². The SMILES string of the molecule is Cc1ccc(=O)n(CCCOc2cccc(N)c2)c1. The van der Waals surface area contributed by atoms with Crippen molar-refractivity contribution in [3.63, 3.8) is 0 Å². The monoisotopic (exact) mass is 258 g/mol. The van der Waals surface area contributed by atoms with Crippen molar-refractivity contribution in [2.45, 2.75) is 19.9 Å². The second-order valence-corrected chi connectivity index (χ2v) is 4.51. The number of nitrogens with two attached hydrogens (primary N) is 1. The molecule has 4 heteroatoms. The van der Waals surface area contributed by atoms with E-state index in [1.807, 2.05) is 37.4 Å². The number of rotatable bonds is 5. The number of nitrogen functional groups attached to an aromatic ring is 1.